The molecular weight excluding hydrogens is 294 g/mol. The molecule has 2 rings (SSSR count). The summed E-state index contributed by atoms with van der Waals surface area (Å²) < 4.78 is 5.04. The number of nitrogens with zero attached hydrogens (tertiary/aromatic N) is 1. The predicted molar refractivity (Wildman–Crippen MR) is 82.1 cm³/mol. The van der Waals surface area contributed by atoms with Gasteiger partial charge in [0.25, 0.3) is 0 Å². The fourth-order valence-electron chi connectivity index (χ4n) is 1.76. The Morgan fingerprint density at radius 2 is 2.25 bits per heavy atom. The number of thioether (sulfide) groups is 1. The van der Waals surface area contributed by atoms with Gasteiger partial charge in [-0.1, -0.05) is 24.3 Å². The molecule has 0 saturated carbocycles. The van der Waals surface area contributed by atoms with E-state index < -0.39 is 5.97 Å². The van der Waals surface area contributed by atoms with E-state index in [1.807, 2.05) is 23.6 Å². The Bertz CT molecular complexity index is 583. The Morgan fingerprint density at radius 1 is 1.45 bits per heavy atom. The summed E-state index contributed by atoms with van der Waals surface area (Å²) in [7, 11) is 1.68. The summed E-state index contributed by atoms with van der Waals surface area (Å²) in [6, 6.07) is 8.05. The van der Waals surface area contributed by atoms with Crippen LogP contribution in [0.15, 0.2) is 29.6 Å². The van der Waals surface area contributed by atoms with E-state index in [-0.39, 0.29) is 6.42 Å². The second kappa shape index (κ2) is 7.42. The van der Waals surface area contributed by atoms with E-state index in [4.69, 9.17) is 9.84 Å². The van der Waals surface area contributed by atoms with Gasteiger partial charge in [0.05, 0.1) is 18.1 Å². The van der Waals surface area contributed by atoms with Gasteiger partial charge in [-0.2, -0.15) is 0 Å². The van der Waals surface area contributed by atoms with Gasteiger partial charge in [0.2, 0.25) is 0 Å². The number of aromatic nitrogens is 1. The van der Waals surface area contributed by atoms with Crippen molar-refractivity contribution in [2.45, 2.75) is 12.2 Å². The minimum Gasteiger partial charge on any atom is -0.481 e. The number of ether oxygens (including phenoxy) is 1. The molecule has 0 aliphatic carbocycles. The van der Waals surface area contributed by atoms with Crippen molar-refractivity contribution < 1.29 is 14.6 Å². The van der Waals surface area contributed by atoms with Crippen molar-refractivity contribution in [3.8, 4) is 10.6 Å². The first-order chi connectivity index (χ1) is 9.70. The molecule has 1 N–H and O–H groups in total. The molecule has 2 aromatic rings. The van der Waals surface area contributed by atoms with Crippen molar-refractivity contribution in [1.29, 1.82) is 0 Å². The molecule has 0 bridgehead atoms. The largest absolute Gasteiger partial charge is 0.481 e. The molecule has 0 aliphatic rings. The third kappa shape index (κ3) is 4.06. The number of hydrogen-bond acceptors (Lipinski definition) is 5. The van der Waals surface area contributed by atoms with Gasteiger partial charge >= 0.3 is 5.97 Å². The normalized spacial score (nSPS) is 10.7. The van der Waals surface area contributed by atoms with Crippen molar-refractivity contribution >= 4 is 29.1 Å². The fraction of sp³-hybridized carbons (Fsp3) is 0.286. The van der Waals surface area contributed by atoms with Crippen LogP contribution >= 0.6 is 23.1 Å². The number of carbonyl (C=O) groups is 1. The van der Waals surface area contributed by atoms with Gasteiger partial charge in [0.1, 0.15) is 5.01 Å². The maximum absolute atomic E-state index is 10.7. The van der Waals surface area contributed by atoms with E-state index in [0.29, 0.717) is 11.6 Å². The zero-order chi connectivity index (χ0) is 14.4. The molecule has 1 aromatic carbocycles. The van der Waals surface area contributed by atoms with Crippen LogP contribution in [0.25, 0.3) is 10.6 Å². The maximum Gasteiger partial charge on any atom is 0.309 e. The van der Waals surface area contributed by atoms with Crippen LogP contribution < -0.4 is 0 Å². The molecule has 0 unspecified atom stereocenters. The highest BCUT2D eigenvalue weighted by Crippen LogP contribution is 2.29. The summed E-state index contributed by atoms with van der Waals surface area (Å²) in [5.41, 5.74) is 2.86. The van der Waals surface area contributed by atoms with Crippen LogP contribution in [0.4, 0.5) is 0 Å². The highest BCUT2D eigenvalue weighted by molar-refractivity contribution is 7.98. The summed E-state index contributed by atoms with van der Waals surface area (Å²) in [4.78, 5) is 15.1. The maximum atomic E-state index is 10.7. The standard InChI is InChI=1S/C14H15NO3S2/c1-18-9-19-7-10-4-2-3-5-12(10)14-15-11(8-20-14)6-13(16)17/h2-5,8H,6-7,9H2,1H3,(H,16,17). The molecule has 106 valence electrons. The molecule has 4 nitrogen and oxygen atoms in total. The van der Waals surface area contributed by atoms with Crippen LogP contribution in [0.1, 0.15) is 11.3 Å². The number of methoxy groups -OCH3 is 1. The molecular formula is C14H15NO3S2. The van der Waals surface area contributed by atoms with Crippen molar-refractivity contribution in [2.24, 2.45) is 0 Å². The second-order valence-corrected chi connectivity index (χ2v) is 5.92. The van der Waals surface area contributed by atoms with E-state index in [0.717, 1.165) is 16.3 Å². The van der Waals surface area contributed by atoms with Gasteiger partial charge in [0, 0.05) is 23.8 Å². The third-order valence-electron chi connectivity index (χ3n) is 2.59. The Labute approximate surface area is 125 Å². The van der Waals surface area contributed by atoms with Crippen LogP contribution in [-0.2, 0) is 21.7 Å². The van der Waals surface area contributed by atoms with Crippen LogP contribution in [0.3, 0.4) is 0 Å². The Kier molecular flexibility index (Phi) is 5.58. The molecule has 0 atom stereocenters. The highest BCUT2D eigenvalue weighted by atomic mass is 32.2. The lowest BCUT2D eigenvalue weighted by Gasteiger charge is -2.06. The van der Waals surface area contributed by atoms with Gasteiger partial charge < -0.3 is 9.84 Å². The molecule has 1 heterocycles. The summed E-state index contributed by atoms with van der Waals surface area (Å²) in [5.74, 6) is 0.639. The smallest absolute Gasteiger partial charge is 0.309 e. The second-order valence-electron chi connectivity index (χ2n) is 4.13. The van der Waals surface area contributed by atoms with Crippen LogP contribution in [0.5, 0.6) is 0 Å². The van der Waals surface area contributed by atoms with Gasteiger partial charge in [-0.25, -0.2) is 4.98 Å². The van der Waals surface area contributed by atoms with Crippen molar-refractivity contribution in [3.63, 3.8) is 0 Å². The molecule has 0 aliphatic heterocycles. The number of rotatable bonds is 7. The van der Waals surface area contributed by atoms with Crippen molar-refractivity contribution in [3.05, 3.63) is 40.9 Å². The Balaban J connectivity index is 2.18. The van der Waals surface area contributed by atoms with Gasteiger partial charge in [0.15, 0.2) is 0 Å². The SMILES string of the molecule is COCSCc1ccccc1-c1nc(CC(=O)O)cs1. The van der Waals surface area contributed by atoms with Crippen molar-refractivity contribution in [1.82, 2.24) is 4.98 Å². The average molecular weight is 309 g/mol. The van der Waals surface area contributed by atoms with E-state index in [1.165, 1.54) is 16.9 Å². The summed E-state index contributed by atoms with van der Waals surface area (Å²) >= 11 is 3.18. The average Bonchev–Trinajstić information content (AvgIpc) is 2.87. The van der Waals surface area contributed by atoms with Crippen LogP contribution in [0, 0.1) is 0 Å². The minimum absolute atomic E-state index is 0.0307. The Morgan fingerprint density at radius 3 is 3.00 bits per heavy atom. The summed E-state index contributed by atoms with van der Waals surface area (Å²) in [6.07, 6.45) is -0.0307. The van der Waals surface area contributed by atoms with E-state index >= 15 is 0 Å². The molecule has 0 spiro atoms. The Hall–Kier alpha value is -1.37. The molecule has 0 radical (unpaired) electrons. The lowest BCUT2D eigenvalue weighted by molar-refractivity contribution is -0.136. The number of benzene rings is 1. The third-order valence-corrected chi connectivity index (χ3v) is 4.43. The zero-order valence-electron chi connectivity index (χ0n) is 11.0. The quantitative estimate of drug-likeness (QED) is 0.628. The lowest BCUT2D eigenvalue weighted by Crippen LogP contribution is -2.00. The molecule has 1 aromatic heterocycles. The number of hydrogen-bond donors (Lipinski definition) is 1. The molecule has 0 amide bonds. The molecule has 0 fully saturated rings. The monoisotopic (exact) mass is 309 g/mol. The minimum atomic E-state index is -0.856. The number of aliphatic carboxylic acids is 1. The first-order valence-electron chi connectivity index (χ1n) is 6.02. The van der Waals surface area contributed by atoms with Crippen LogP contribution in [-0.4, -0.2) is 29.1 Å². The van der Waals surface area contributed by atoms with E-state index in [1.54, 1.807) is 18.9 Å². The highest BCUT2D eigenvalue weighted by Gasteiger charge is 2.11. The predicted octanol–water partition coefficient (Wildman–Crippen LogP) is 3.27. The number of carboxylic acid groups (broad SMARTS) is 1. The van der Waals surface area contributed by atoms with Gasteiger partial charge in [-0.15, -0.1) is 23.1 Å². The molecule has 20 heavy (non-hydrogen) atoms. The lowest BCUT2D eigenvalue weighted by atomic mass is 10.1. The first kappa shape index (κ1) is 15.0. The molecule has 0 saturated heterocycles. The first-order valence-corrected chi connectivity index (χ1v) is 8.05. The summed E-state index contributed by atoms with van der Waals surface area (Å²) in [6.45, 7) is 0. The number of thiazole rings is 1. The van der Waals surface area contributed by atoms with Crippen LogP contribution in [0.2, 0.25) is 0 Å². The van der Waals surface area contributed by atoms with Gasteiger partial charge in [-0.05, 0) is 5.56 Å². The van der Waals surface area contributed by atoms with Crippen molar-refractivity contribution in [2.75, 3.05) is 13.0 Å². The summed E-state index contributed by atoms with van der Waals surface area (Å²) in [5, 5.41) is 11.5. The number of carboxylic acids is 1. The van der Waals surface area contributed by atoms with E-state index in [9.17, 15) is 4.79 Å². The fourth-order valence-corrected chi connectivity index (χ4v) is 3.36. The zero-order valence-corrected chi connectivity index (χ0v) is 12.7. The topological polar surface area (TPSA) is 59.4 Å². The van der Waals surface area contributed by atoms with Gasteiger partial charge in [-0.3, -0.25) is 4.79 Å². The molecule has 6 heteroatoms. The van der Waals surface area contributed by atoms with E-state index in [2.05, 4.69) is 11.1 Å².